The number of hydrogen-bond acceptors (Lipinski definition) is 4. The number of carbonyl (C=O) groups is 1. The van der Waals surface area contributed by atoms with Gasteiger partial charge in [0.25, 0.3) is 0 Å². The molecule has 4 nitrogen and oxygen atoms in total. The molecule has 1 heterocycles. The number of benzene rings is 2. The van der Waals surface area contributed by atoms with Crippen molar-refractivity contribution in [1.82, 2.24) is 5.16 Å². The number of nitrogens with zero attached hydrogens (tertiary/aromatic N) is 1. The smallest absolute Gasteiger partial charge is 0.316 e. The van der Waals surface area contributed by atoms with Crippen molar-refractivity contribution in [3.63, 3.8) is 0 Å². The van der Waals surface area contributed by atoms with Crippen LogP contribution in [0, 0.1) is 11.2 Å². The van der Waals surface area contributed by atoms with E-state index in [1.165, 1.54) is 6.07 Å². The summed E-state index contributed by atoms with van der Waals surface area (Å²) in [5.41, 5.74) is 1.10. The van der Waals surface area contributed by atoms with Gasteiger partial charge in [0.1, 0.15) is 11.6 Å². The normalized spacial score (nSPS) is 11.7. The van der Waals surface area contributed by atoms with E-state index < -0.39 is 5.41 Å². The van der Waals surface area contributed by atoms with Crippen molar-refractivity contribution in [1.29, 1.82) is 0 Å². The van der Waals surface area contributed by atoms with Crippen LogP contribution >= 0.6 is 0 Å². The Labute approximate surface area is 139 Å². The second kappa shape index (κ2) is 6.07. The van der Waals surface area contributed by atoms with Crippen molar-refractivity contribution in [3.8, 4) is 5.75 Å². The second-order valence-corrected chi connectivity index (χ2v) is 6.69. The largest absolute Gasteiger partial charge is 0.426 e. The standard InChI is InChI=1S/C19H18FNO3/c1-19(2,3)18(22)23-13-8-9-14-16(21-24-17(14)11-13)10-12-6-4-5-7-15(12)20/h4-9,11H,10H2,1-3H3. The SMILES string of the molecule is CC(C)(C)C(=O)Oc1ccc2c(Cc3ccccc3F)noc2c1. The summed E-state index contributed by atoms with van der Waals surface area (Å²) in [4.78, 5) is 11.9. The summed E-state index contributed by atoms with van der Waals surface area (Å²) in [5.74, 6) is -0.201. The molecule has 0 aliphatic heterocycles. The number of carbonyl (C=O) groups excluding carboxylic acids is 1. The van der Waals surface area contributed by atoms with Gasteiger partial charge in [-0.05, 0) is 44.5 Å². The molecule has 0 fully saturated rings. The summed E-state index contributed by atoms with van der Waals surface area (Å²) in [6.45, 7) is 5.36. The van der Waals surface area contributed by atoms with Gasteiger partial charge in [-0.2, -0.15) is 0 Å². The molecular formula is C19H18FNO3. The summed E-state index contributed by atoms with van der Waals surface area (Å²) < 4.78 is 24.4. The van der Waals surface area contributed by atoms with Gasteiger partial charge < -0.3 is 9.26 Å². The van der Waals surface area contributed by atoms with Gasteiger partial charge in [-0.3, -0.25) is 4.79 Å². The summed E-state index contributed by atoms with van der Waals surface area (Å²) in [6.07, 6.45) is 0.334. The van der Waals surface area contributed by atoms with E-state index >= 15 is 0 Å². The van der Waals surface area contributed by atoms with Gasteiger partial charge in [0.15, 0.2) is 5.58 Å². The Bertz CT molecular complexity index is 893. The Morgan fingerprint density at radius 3 is 2.67 bits per heavy atom. The third kappa shape index (κ3) is 3.30. The van der Waals surface area contributed by atoms with Crippen LogP contribution in [0.25, 0.3) is 11.0 Å². The first kappa shape index (κ1) is 16.2. The molecule has 0 atom stereocenters. The molecule has 0 bridgehead atoms. The van der Waals surface area contributed by atoms with Gasteiger partial charge in [0.2, 0.25) is 0 Å². The van der Waals surface area contributed by atoms with Crippen LogP contribution in [0.2, 0.25) is 0 Å². The van der Waals surface area contributed by atoms with Crippen LogP contribution < -0.4 is 4.74 Å². The van der Waals surface area contributed by atoms with E-state index in [1.54, 1.807) is 57.2 Å². The van der Waals surface area contributed by atoms with Crippen LogP contribution in [-0.2, 0) is 11.2 Å². The first-order valence-corrected chi connectivity index (χ1v) is 7.68. The Balaban J connectivity index is 1.86. The fourth-order valence-corrected chi connectivity index (χ4v) is 2.24. The average molecular weight is 327 g/mol. The lowest BCUT2D eigenvalue weighted by Gasteiger charge is -2.16. The van der Waals surface area contributed by atoms with Crippen molar-refractivity contribution < 1.29 is 18.4 Å². The van der Waals surface area contributed by atoms with Gasteiger partial charge >= 0.3 is 5.97 Å². The van der Waals surface area contributed by atoms with Crippen LogP contribution in [0.4, 0.5) is 4.39 Å². The summed E-state index contributed by atoms with van der Waals surface area (Å²) in [7, 11) is 0. The highest BCUT2D eigenvalue weighted by Crippen LogP contribution is 2.27. The van der Waals surface area contributed by atoms with E-state index in [1.807, 2.05) is 0 Å². The lowest BCUT2D eigenvalue weighted by Crippen LogP contribution is -2.25. The van der Waals surface area contributed by atoms with Gasteiger partial charge in [0.05, 0.1) is 11.1 Å². The maximum Gasteiger partial charge on any atom is 0.316 e. The molecule has 24 heavy (non-hydrogen) atoms. The third-order valence-electron chi connectivity index (χ3n) is 3.66. The van der Waals surface area contributed by atoms with E-state index in [-0.39, 0.29) is 11.8 Å². The maximum absolute atomic E-state index is 13.8. The fourth-order valence-electron chi connectivity index (χ4n) is 2.24. The Morgan fingerprint density at radius 2 is 1.96 bits per heavy atom. The van der Waals surface area contributed by atoms with Gasteiger partial charge in [-0.25, -0.2) is 4.39 Å². The lowest BCUT2D eigenvalue weighted by atomic mass is 9.97. The van der Waals surface area contributed by atoms with Crippen molar-refractivity contribution in [3.05, 3.63) is 59.5 Å². The minimum Gasteiger partial charge on any atom is -0.426 e. The molecule has 0 radical (unpaired) electrons. The zero-order valence-electron chi connectivity index (χ0n) is 13.8. The Morgan fingerprint density at radius 1 is 1.21 bits per heavy atom. The van der Waals surface area contributed by atoms with Crippen LogP contribution in [-0.4, -0.2) is 11.1 Å². The van der Waals surface area contributed by atoms with Crippen LogP contribution in [0.5, 0.6) is 5.75 Å². The predicted octanol–water partition coefficient (Wildman–Crippen LogP) is 4.51. The number of ether oxygens (including phenoxy) is 1. The monoisotopic (exact) mass is 327 g/mol. The highest BCUT2D eigenvalue weighted by Gasteiger charge is 2.24. The van der Waals surface area contributed by atoms with E-state index in [4.69, 9.17) is 9.26 Å². The molecule has 3 rings (SSSR count). The number of halogens is 1. The minimum absolute atomic E-state index is 0.274. The molecule has 0 aliphatic rings. The number of hydrogen-bond donors (Lipinski definition) is 0. The molecule has 124 valence electrons. The minimum atomic E-state index is -0.591. The summed E-state index contributed by atoms with van der Waals surface area (Å²) in [6, 6.07) is 11.6. The van der Waals surface area contributed by atoms with Crippen molar-refractivity contribution in [2.75, 3.05) is 0 Å². The van der Waals surface area contributed by atoms with Gasteiger partial charge in [-0.1, -0.05) is 23.4 Å². The van der Waals surface area contributed by atoms with E-state index in [2.05, 4.69) is 5.16 Å². The third-order valence-corrected chi connectivity index (χ3v) is 3.66. The van der Waals surface area contributed by atoms with Crippen LogP contribution in [0.3, 0.4) is 0 Å². The number of fused-ring (bicyclic) bond motifs is 1. The second-order valence-electron chi connectivity index (χ2n) is 6.69. The summed E-state index contributed by atoms with van der Waals surface area (Å²) >= 11 is 0. The molecule has 3 aromatic rings. The van der Waals surface area contributed by atoms with Crippen LogP contribution in [0.1, 0.15) is 32.0 Å². The molecule has 0 saturated heterocycles. The molecule has 2 aromatic carbocycles. The van der Waals surface area contributed by atoms with Crippen molar-refractivity contribution in [2.45, 2.75) is 27.2 Å². The van der Waals surface area contributed by atoms with Crippen molar-refractivity contribution >= 4 is 16.9 Å². The van der Waals surface area contributed by atoms with Gasteiger partial charge in [0, 0.05) is 17.9 Å². The molecule has 0 aliphatic carbocycles. The summed E-state index contributed by atoms with van der Waals surface area (Å²) in [5, 5.41) is 4.79. The zero-order valence-corrected chi connectivity index (χ0v) is 13.8. The van der Waals surface area contributed by atoms with Crippen molar-refractivity contribution in [2.24, 2.45) is 5.41 Å². The molecular weight excluding hydrogens is 309 g/mol. The lowest BCUT2D eigenvalue weighted by molar-refractivity contribution is -0.142. The number of rotatable bonds is 3. The highest BCUT2D eigenvalue weighted by molar-refractivity contribution is 5.83. The molecule has 0 spiro atoms. The topological polar surface area (TPSA) is 52.3 Å². The fraction of sp³-hybridized carbons (Fsp3) is 0.263. The number of aromatic nitrogens is 1. The first-order chi connectivity index (χ1) is 11.3. The molecule has 0 saturated carbocycles. The highest BCUT2D eigenvalue weighted by atomic mass is 19.1. The Kier molecular flexibility index (Phi) is 4.09. The molecule has 0 unspecified atom stereocenters. The first-order valence-electron chi connectivity index (χ1n) is 7.68. The predicted molar refractivity (Wildman–Crippen MR) is 88.3 cm³/mol. The maximum atomic E-state index is 13.8. The number of esters is 1. The molecule has 1 aromatic heterocycles. The van der Waals surface area contributed by atoms with E-state index in [9.17, 15) is 9.18 Å². The zero-order chi connectivity index (χ0) is 17.3. The average Bonchev–Trinajstić information content (AvgIpc) is 2.91. The molecule has 5 heteroatoms. The molecule has 0 amide bonds. The van der Waals surface area contributed by atoms with E-state index in [0.29, 0.717) is 29.0 Å². The van der Waals surface area contributed by atoms with E-state index in [0.717, 1.165) is 5.39 Å². The van der Waals surface area contributed by atoms with Gasteiger partial charge in [-0.15, -0.1) is 0 Å². The van der Waals surface area contributed by atoms with Crippen LogP contribution in [0.15, 0.2) is 47.0 Å². The Hall–Kier alpha value is -2.69. The quantitative estimate of drug-likeness (QED) is 0.525. The molecule has 0 N–H and O–H groups in total.